The number of nitrogens with zero attached hydrogens (tertiary/aromatic N) is 1. The van der Waals surface area contributed by atoms with Crippen LogP contribution < -0.4 is 0 Å². The van der Waals surface area contributed by atoms with Gasteiger partial charge in [-0.05, 0) is 56.3 Å². The third kappa shape index (κ3) is 5.09. The molecule has 2 rings (SSSR count). The highest BCUT2D eigenvalue weighted by atomic mass is 16.5. The van der Waals surface area contributed by atoms with Gasteiger partial charge < -0.3 is 4.74 Å². The van der Waals surface area contributed by atoms with Crippen molar-refractivity contribution in [3.8, 4) is 0 Å². The topological polar surface area (TPSA) is 12.5 Å². The van der Waals surface area contributed by atoms with Gasteiger partial charge in [-0.3, -0.25) is 4.90 Å². The quantitative estimate of drug-likeness (QED) is 0.695. The molecule has 5 atom stereocenters. The molecule has 0 radical (unpaired) electrons. The predicted octanol–water partition coefficient (Wildman–Crippen LogP) is 4.75. The lowest BCUT2D eigenvalue weighted by molar-refractivity contribution is -0.0717. The van der Waals surface area contributed by atoms with E-state index in [1.165, 1.54) is 25.8 Å². The van der Waals surface area contributed by atoms with Crippen molar-refractivity contribution in [2.75, 3.05) is 19.6 Å². The predicted molar refractivity (Wildman–Crippen MR) is 95.0 cm³/mol. The molecule has 1 aliphatic carbocycles. The Bertz CT molecular complexity index is 360. The molecule has 2 nitrogen and oxygen atoms in total. The maximum atomic E-state index is 5.86. The maximum absolute atomic E-state index is 5.86. The summed E-state index contributed by atoms with van der Waals surface area (Å²) in [7, 11) is 0. The largest absolute Gasteiger partial charge is 0.373 e. The molecular weight excluding hydrogens is 270 g/mol. The smallest absolute Gasteiger partial charge is 0.0678 e. The van der Waals surface area contributed by atoms with Crippen LogP contribution >= 0.6 is 0 Å². The number of hydrogen-bond donors (Lipinski definition) is 0. The lowest BCUT2D eigenvalue weighted by atomic mass is 9.67. The minimum Gasteiger partial charge on any atom is -0.373 e. The summed E-state index contributed by atoms with van der Waals surface area (Å²) < 4.78 is 5.86. The lowest BCUT2D eigenvalue weighted by Gasteiger charge is -2.40. The SMILES string of the molecule is CC(C[C@H]1C=CCC[C@H]1C(C)(C)C)CN1CC(C)OC(C)C1. The van der Waals surface area contributed by atoms with Crippen molar-refractivity contribution in [1.29, 1.82) is 0 Å². The lowest BCUT2D eigenvalue weighted by Crippen LogP contribution is -2.47. The Labute approximate surface area is 138 Å². The van der Waals surface area contributed by atoms with Crippen molar-refractivity contribution < 1.29 is 4.74 Å². The highest BCUT2D eigenvalue weighted by Crippen LogP contribution is 2.41. The van der Waals surface area contributed by atoms with Crippen molar-refractivity contribution in [2.45, 2.75) is 73.0 Å². The number of hydrogen-bond acceptors (Lipinski definition) is 2. The van der Waals surface area contributed by atoms with E-state index in [-0.39, 0.29) is 0 Å². The first-order valence-corrected chi connectivity index (χ1v) is 9.30. The summed E-state index contributed by atoms with van der Waals surface area (Å²) in [5, 5.41) is 0. The van der Waals surface area contributed by atoms with E-state index in [0.717, 1.165) is 30.8 Å². The summed E-state index contributed by atoms with van der Waals surface area (Å²) in [5.41, 5.74) is 0.428. The molecule has 22 heavy (non-hydrogen) atoms. The third-order valence-electron chi connectivity index (χ3n) is 5.40. The highest BCUT2D eigenvalue weighted by Gasteiger charge is 2.33. The molecule has 0 aromatic rings. The van der Waals surface area contributed by atoms with Gasteiger partial charge in [-0.15, -0.1) is 0 Å². The van der Waals surface area contributed by atoms with Gasteiger partial charge in [0.15, 0.2) is 0 Å². The van der Waals surface area contributed by atoms with Gasteiger partial charge in [0, 0.05) is 19.6 Å². The van der Waals surface area contributed by atoms with E-state index >= 15 is 0 Å². The molecule has 0 saturated carbocycles. The van der Waals surface area contributed by atoms with Crippen LogP contribution in [0.15, 0.2) is 12.2 Å². The molecule has 1 fully saturated rings. The molecule has 0 amide bonds. The van der Waals surface area contributed by atoms with Crippen LogP contribution in [-0.4, -0.2) is 36.7 Å². The zero-order valence-corrected chi connectivity index (χ0v) is 15.6. The summed E-state index contributed by atoms with van der Waals surface area (Å²) in [5.74, 6) is 2.36. The van der Waals surface area contributed by atoms with Crippen LogP contribution in [-0.2, 0) is 4.74 Å². The van der Waals surface area contributed by atoms with E-state index in [1.54, 1.807) is 0 Å². The van der Waals surface area contributed by atoms with E-state index in [4.69, 9.17) is 4.74 Å². The van der Waals surface area contributed by atoms with Crippen LogP contribution in [0, 0.1) is 23.2 Å². The van der Waals surface area contributed by atoms with Gasteiger partial charge in [-0.2, -0.15) is 0 Å². The molecule has 0 aromatic carbocycles. The summed E-state index contributed by atoms with van der Waals surface area (Å²) in [6.45, 7) is 17.5. The van der Waals surface area contributed by atoms with E-state index in [2.05, 4.69) is 58.6 Å². The Hall–Kier alpha value is -0.340. The van der Waals surface area contributed by atoms with Crippen LogP contribution in [0.25, 0.3) is 0 Å². The standard InChI is InChI=1S/C20H37NO/c1-15(12-21-13-16(2)22-17(3)14-21)11-18-9-7-8-10-19(18)20(4,5)6/h7,9,15-19H,8,10-14H2,1-6H3/t15?,16?,17?,18-,19-/m1/s1. The molecule has 1 aliphatic heterocycles. The molecule has 2 heteroatoms. The second kappa shape index (κ2) is 7.49. The summed E-state index contributed by atoms with van der Waals surface area (Å²) in [4.78, 5) is 2.61. The molecule has 0 bridgehead atoms. The molecule has 2 aliphatic rings. The first-order valence-electron chi connectivity index (χ1n) is 9.30. The first kappa shape index (κ1) is 18.0. The average Bonchev–Trinajstić information content (AvgIpc) is 2.36. The fraction of sp³-hybridized carbons (Fsp3) is 0.900. The highest BCUT2D eigenvalue weighted by molar-refractivity contribution is 5.00. The monoisotopic (exact) mass is 307 g/mol. The van der Waals surface area contributed by atoms with Crippen molar-refractivity contribution in [1.82, 2.24) is 4.90 Å². The Balaban J connectivity index is 1.88. The fourth-order valence-corrected chi connectivity index (χ4v) is 4.63. The Kier molecular flexibility index (Phi) is 6.13. The van der Waals surface area contributed by atoms with E-state index in [0.29, 0.717) is 17.6 Å². The van der Waals surface area contributed by atoms with Crippen LogP contribution in [0.3, 0.4) is 0 Å². The molecule has 1 saturated heterocycles. The molecule has 0 spiro atoms. The van der Waals surface area contributed by atoms with Gasteiger partial charge in [0.2, 0.25) is 0 Å². The second-order valence-corrected chi connectivity index (χ2v) is 8.96. The number of rotatable bonds is 4. The molecular formula is C20H37NO. The van der Waals surface area contributed by atoms with E-state index in [1.807, 2.05) is 0 Å². The van der Waals surface area contributed by atoms with Crippen LogP contribution in [0.4, 0.5) is 0 Å². The molecule has 0 N–H and O–H groups in total. The average molecular weight is 308 g/mol. The summed E-state index contributed by atoms with van der Waals surface area (Å²) in [6.07, 6.45) is 9.66. The second-order valence-electron chi connectivity index (χ2n) is 8.96. The Morgan fingerprint density at radius 2 is 1.82 bits per heavy atom. The molecule has 1 heterocycles. The molecule has 0 aromatic heterocycles. The van der Waals surface area contributed by atoms with Crippen molar-refractivity contribution >= 4 is 0 Å². The maximum Gasteiger partial charge on any atom is 0.0678 e. The van der Waals surface area contributed by atoms with E-state index < -0.39 is 0 Å². The van der Waals surface area contributed by atoms with Gasteiger partial charge in [0.05, 0.1) is 12.2 Å². The summed E-state index contributed by atoms with van der Waals surface area (Å²) in [6, 6.07) is 0. The normalized spacial score (nSPS) is 35.5. The zero-order chi connectivity index (χ0) is 16.3. The van der Waals surface area contributed by atoms with Crippen LogP contribution in [0.5, 0.6) is 0 Å². The minimum absolute atomic E-state index is 0.382. The van der Waals surface area contributed by atoms with Gasteiger partial charge in [-0.1, -0.05) is 39.8 Å². The Morgan fingerprint density at radius 3 is 2.41 bits per heavy atom. The Morgan fingerprint density at radius 1 is 1.18 bits per heavy atom. The fourth-order valence-electron chi connectivity index (χ4n) is 4.63. The van der Waals surface area contributed by atoms with Crippen molar-refractivity contribution in [3.63, 3.8) is 0 Å². The van der Waals surface area contributed by atoms with Gasteiger partial charge in [0.25, 0.3) is 0 Å². The number of allylic oxidation sites excluding steroid dienone is 2. The minimum atomic E-state index is 0.382. The van der Waals surface area contributed by atoms with Crippen LogP contribution in [0.2, 0.25) is 0 Å². The van der Waals surface area contributed by atoms with E-state index in [9.17, 15) is 0 Å². The number of morpholine rings is 1. The van der Waals surface area contributed by atoms with Crippen LogP contribution in [0.1, 0.15) is 60.8 Å². The van der Waals surface area contributed by atoms with Gasteiger partial charge in [0.1, 0.15) is 0 Å². The van der Waals surface area contributed by atoms with Gasteiger partial charge in [-0.25, -0.2) is 0 Å². The zero-order valence-electron chi connectivity index (χ0n) is 15.6. The molecule has 3 unspecified atom stereocenters. The summed E-state index contributed by atoms with van der Waals surface area (Å²) >= 11 is 0. The first-order chi connectivity index (χ1) is 10.3. The van der Waals surface area contributed by atoms with Gasteiger partial charge >= 0.3 is 0 Å². The number of ether oxygens (including phenoxy) is 1. The third-order valence-corrected chi connectivity index (χ3v) is 5.40. The van der Waals surface area contributed by atoms with Crippen molar-refractivity contribution in [3.05, 3.63) is 12.2 Å². The van der Waals surface area contributed by atoms with Crippen molar-refractivity contribution in [2.24, 2.45) is 23.2 Å². The molecule has 128 valence electrons.